The average Bonchev–Trinajstić information content (AvgIpc) is 3.22. The van der Waals surface area contributed by atoms with Crippen LogP contribution in [0.1, 0.15) is 26.3 Å². The van der Waals surface area contributed by atoms with Crippen LogP contribution in [-0.2, 0) is 21.5 Å². The van der Waals surface area contributed by atoms with Crippen molar-refractivity contribution in [3.8, 4) is 16.9 Å². The normalized spacial score (nSPS) is 11.2. The van der Waals surface area contributed by atoms with E-state index in [-0.39, 0.29) is 5.97 Å². The van der Waals surface area contributed by atoms with Gasteiger partial charge >= 0.3 is 5.97 Å². The topological polar surface area (TPSA) is 66.2 Å². The third-order valence-corrected chi connectivity index (χ3v) is 4.62. The molecule has 6 nitrogen and oxygen atoms in total. The van der Waals surface area contributed by atoms with E-state index in [9.17, 15) is 4.79 Å². The molecule has 0 amide bonds. The van der Waals surface area contributed by atoms with Gasteiger partial charge in [-0.25, -0.2) is 4.68 Å². The zero-order chi connectivity index (χ0) is 20.0. The second-order valence-corrected chi connectivity index (χ2v) is 6.94. The first-order valence-electron chi connectivity index (χ1n) is 9.36. The van der Waals surface area contributed by atoms with Gasteiger partial charge in [-0.15, -0.1) is 5.10 Å². The van der Waals surface area contributed by atoms with Gasteiger partial charge in [0.15, 0.2) is 0 Å². The SMILES string of the molecule is CCOC(=O)C(C)(C)c1ccc(-c2ccccc2)c(OCCn2ccnn2)c1. The fourth-order valence-corrected chi connectivity index (χ4v) is 2.92. The van der Waals surface area contributed by atoms with E-state index in [0.717, 1.165) is 22.4 Å². The molecule has 1 heterocycles. The number of benzene rings is 2. The minimum Gasteiger partial charge on any atom is -0.491 e. The predicted octanol–water partition coefficient (Wildman–Crippen LogP) is 3.86. The Morgan fingerprint density at radius 1 is 1.14 bits per heavy atom. The van der Waals surface area contributed by atoms with Gasteiger partial charge in [0.1, 0.15) is 12.4 Å². The molecule has 0 radical (unpaired) electrons. The van der Waals surface area contributed by atoms with E-state index >= 15 is 0 Å². The second-order valence-electron chi connectivity index (χ2n) is 6.94. The average molecular weight is 379 g/mol. The predicted molar refractivity (Wildman–Crippen MR) is 107 cm³/mol. The summed E-state index contributed by atoms with van der Waals surface area (Å²) in [5, 5.41) is 7.76. The number of carbonyl (C=O) groups is 1. The van der Waals surface area contributed by atoms with Crippen molar-refractivity contribution in [3.05, 3.63) is 66.5 Å². The number of carbonyl (C=O) groups excluding carboxylic acids is 1. The maximum Gasteiger partial charge on any atom is 0.315 e. The van der Waals surface area contributed by atoms with Crippen molar-refractivity contribution in [2.75, 3.05) is 13.2 Å². The van der Waals surface area contributed by atoms with Crippen molar-refractivity contribution in [2.24, 2.45) is 0 Å². The fraction of sp³-hybridized carbons (Fsp3) is 0.318. The van der Waals surface area contributed by atoms with Crippen LogP contribution in [0.4, 0.5) is 0 Å². The molecule has 0 aliphatic rings. The molecule has 0 saturated carbocycles. The van der Waals surface area contributed by atoms with E-state index in [1.807, 2.05) is 69.3 Å². The first kappa shape index (κ1) is 19.6. The summed E-state index contributed by atoms with van der Waals surface area (Å²) in [5.74, 6) is 0.470. The lowest BCUT2D eigenvalue weighted by molar-refractivity contribution is -0.148. The molecular weight excluding hydrogens is 354 g/mol. The molecule has 3 rings (SSSR count). The third kappa shape index (κ3) is 4.39. The van der Waals surface area contributed by atoms with Crippen LogP contribution in [0.3, 0.4) is 0 Å². The summed E-state index contributed by atoms with van der Waals surface area (Å²) in [5.41, 5.74) is 2.11. The molecule has 6 heteroatoms. The van der Waals surface area contributed by atoms with Gasteiger partial charge in [-0.3, -0.25) is 4.79 Å². The molecule has 0 N–H and O–H groups in total. The van der Waals surface area contributed by atoms with Crippen molar-refractivity contribution in [1.29, 1.82) is 0 Å². The van der Waals surface area contributed by atoms with Crippen molar-refractivity contribution >= 4 is 5.97 Å². The zero-order valence-corrected chi connectivity index (χ0v) is 16.5. The molecule has 0 fully saturated rings. The van der Waals surface area contributed by atoms with Gasteiger partial charge in [0.05, 0.1) is 24.8 Å². The third-order valence-electron chi connectivity index (χ3n) is 4.62. The fourth-order valence-electron chi connectivity index (χ4n) is 2.92. The molecule has 0 saturated heterocycles. The highest BCUT2D eigenvalue weighted by atomic mass is 16.5. The Bertz CT molecular complexity index is 906. The summed E-state index contributed by atoms with van der Waals surface area (Å²) in [7, 11) is 0. The maximum atomic E-state index is 12.4. The lowest BCUT2D eigenvalue weighted by atomic mass is 9.83. The highest BCUT2D eigenvalue weighted by Crippen LogP contribution is 2.35. The molecule has 28 heavy (non-hydrogen) atoms. The number of esters is 1. The van der Waals surface area contributed by atoms with Crippen LogP contribution < -0.4 is 4.74 Å². The first-order chi connectivity index (χ1) is 13.5. The van der Waals surface area contributed by atoms with Gasteiger partial charge in [-0.2, -0.15) is 0 Å². The Labute approximate surface area is 165 Å². The Hall–Kier alpha value is -3.15. The van der Waals surface area contributed by atoms with E-state index in [4.69, 9.17) is 9.47 Å². The van der Waals surface area contributed by atoms with Gasteiger partial charge in [-0.1, -0.05) is 47.7 Å². The molecule has 0 spiro atoms. The number of ether oxygens (including phenoxy) is 2. The van der Waals surface area contributed by atoms with Crippen LogP contribution in [-0.4, -0.2) is 34.2 Å². The quantitative estimate of drug-likeness (QED) is 0.556. The minimum atomic E-state index is -0.769. The van der Waals surface area contributed by atoms with Crippen LogP contribution in [0.15, 0.2) is 60.9 Å². The minimum absolute atomic E-state index is 0.254. The highest BCUT2D eigenvalue weighted by molar-refractivity contribution is 5.83. The summed E-state index contributed by atoms with van der Waals surface area (Å²) in [6, 6.07) is 15.9. The summed E-state index contributed by atoms with van der Waals surface area (Å²) in [6.07, 6.45) is 3.43. The Kier molecular flexibility index (Phi) is 6.09. The number of hydrogen-bond donors (Lipinski definition) is 0. The van der Waals surface area contributed by atoms with Crippen LogP contribution in [0.2, 0.25) is 0 Å². The smallest absolute Gasteiger partial charge is 0.315 e. The monoisotopic (exact) mass is 379 g/mol. The van der Waals surface area contributed by atoms with Gasteiger partial charge in [0.25, 0.3) is 0 Å². The Balaban J connectivity index is 1.91. The molecule has 2 aromatic carbocycles. The van der Waals surface area contributed by atoms with E-state index < -0.39 is 5.41 Å². The van der Waals surface area contributed by atoms with Crippen molar-refractivity contribution < 1.29 is 14.3 Å². The molecule has 0 aliphatic carbocycles. The zero-order valence-electron chi connectivity index (χ0n) is 16.5. The van der Waals surface area contributed by atoms with Gasteiger partial charge < -0.3 is 9.47 Å². The molecule has 0 bridgehead atoms. The Morgan fingerprint density at radius 2 is 1.93 bits per heavy atom. The molecule has 1 aromatic heterocycles. The highest BCUT2D eigenvalue weighted by Gasteiger charge is 2.32. The summed E-state index contributed by atoms with van der Waals surface area (Å²) in [4.78, 5) is 12.4. The van der Waals surface area contributed by atoms with E-state index in [2.05, 4.69) is 10.3 Å². The maximum absolute atomic E-state index is 12.4. The van der Waals surface area contributed by atoms with Crippen LogP contribution in [0, 0.1) is 0 Å². The molecule has 0 aliphatic heterocycles. The van der Waals surface area contributed by atoms with Gasteiger partial charge in [-0.05, 0) is 38.0 Å². The van der Waals surface area contributed by atoms with Gasteiger partial charge in [0.2, 0.25) is 0 Å². The van der Waals surface area contributed by atoms with Crippen LogP contribution >= 0.6 is 0 Å². The number of rotatable bonds is 8. The summed E-state index contributed by atoms with van der Waals surface area (Å²) < 4.78 is 13.1. The molecular formula is C22H25N3O3. The summed E-state index contributed by atoms with van der Waals surface area (Å²) in [6.45, 7) is 6.91. The molecule has 0 atom stereocenters. The van der Waals surface area contributed by atoms with Crippen LogP contribution in [0.5, 0.6) is 5.75 Å². The molecule has 3 aromatic rings. The number of hydrogen-bond acceptors (Lipinski definition) is 5. The largest absolute Gasteiger partial charge is 0.491 e. The Morgan fingerprint density at radius 3 is 2.61 bits per heavy atom. The number of aromatic nitrogens is 3. The first-order valence-corrected chi connectivity index (χ1v) is 9.36. The van der Waals surface area contributed by atoms with Gasteiger partial charge in [0, 0.05) is 11.8 Å². The lowest BCUT2D eigenvalue weighted by Gasteiger charge is -2.24. The lowest BCUT2D eigenvalue weighted by Crippen LogP contribution is -2.31. The van der Waals surface area contributed by atoms with Crippen molar-refractivity contribution in [2.45, 2.75) is 32.7 Å². The van der Waals surface area contributed by atoms with Crippen LogP contribution in [0.25, 0.3) is 11.1 Å². The standard InChI is InChI=1S/C22H25N3O3/c1-4-27-21(26)22(2,3)18-10-11-19(17-8-6-5-7-9-17)20(16-18)28-15-14-25-13-12-23-24-25/h5-13,16H,4,14-15H2,1-3H3. The van der Waals surface area contributed by atoms with E-state index in [1.165, 1.54) is 0 Å². The molecule has 146 valence electrons. The number of nitrogens with zero attached hydrogens (tertiary/aromatic N) is 3. The second kappa shape index (κ2) is 8.69. The van der Waals surface area contributed by atoms with Crippen molar-refractivity contribution in [1.82, 2.24) is 15.0 Å². The van der Waals surface area contributed by atoms with Crippen molar-refractivity contribution in [3.63, 3.8) is 0 Å². The summed E-state index contributed by atoms with van der Waals surface area (Å²) >= 11 is 0. The van der Waals surface area contributed by atoms with E-state index in [0.29, 0.717) is 19.8 Å². The van der Waals surface area contributed by atoms with E-state index in [1.54, 1.807) is 17.1 Å². The molecule has 0 unspecified atom stereocenters.